The summed E-state index contributed by atoms with van der Waals surface area (Å²) in [6.45, 7) is 2.42. The van der Waals surface area contributed by atoms with Gasteiger partial charge in [0.25, 0.3) is 0 Å². The van der Waals surface area contributed by atoms with Crippen LogP contribution in [0.2, 0.25) is 0 Å². The van der Waals surface area contributed by atoms with Gasteiger partial charge in [-0.25, -0.2) is 4.79 Å². The van der Waals surface area contributed by atoms with Gasteiger partial charge < -0.3 is 21.1 Å². The predicted molar refractivity (Wildman–Crippen MR) is 74.9 cm³/mol. The van der Waals surface area contributed by atoms with Crippen molar-refractivity contribution in [1.29, 1.82) is 0 Å². The SMILES string of the molecule is NCc1ccc(NC(=O)NCCOCC2CC2)cc1. The number of nitrogens with one attached hydrogen (secondary N) is 2. The minimum absolute atomic E-state index is 0.212. The standard InChI is InChI=1S/C14H21N3O2/c15-9-11-3-5-13(6-4-11)17-14(18)16-7-8-19-10-12-1-2-12/h3-6,12H,1-2,7-10,15H2,(H2,16,17,18). The zero-order valence-electron chi connectivity index (χ0n) is 11.0. The summed E-state index contributed by atoms with van der Waals surface area (Å²) in [5.41, 5.74) is 7.31. The van der Waals surface area contributed by atoms with E-state index in [1.807, 2.05) is 24.3 Å². The fourth-order valence-corrected chi connectivity index (χ4v) is 1.67. The van der Waals surface area contributed by atoms with Crippen LogP contribution in [0.3, 0.4) is 0 Å². The second-order valence-corrected chi connectivity index (χ2v) is 4.80. The Balaban J connectivity index is 1.59. The van der Waals surface area contributed by atoms with Crippen molar-refractivity contribution in [2.45, 2.75) is 19.4 Å². The molecule has 5 heteroatoms. The van der Waals surface area contributed by atoms with Crippen molar-refractivity contribution >= 4 is 11.7 Å². The lowest BCUT2D eigenvalue weighted by atomic mass is 10.2. The topological polar surface area (TPSA) is 76.4 Å². The van der Waals surface area contributed by atoms with Crippen molar-refractivity contribution in [3.8, 4) is 0 Å². The van der Waals surface area contributed by atoms with Gasteiger partial charge in [0.05, 0.1) is 6.61 Å². The Morgan fingerprint density at radius 1 is 1.32 bits per heavy atom. The lowest BCUT2D eigenvalue weighted by Crippen LogP contribution is -2.31. The summed E-state index contributed by atoms with van der Waals surface area (Å²) in [6, 6.07) is 7.26. The smallest absolute Gasteiger partial charge is 0.319 e. The van der Waals surface area contributed by atoms with Crippen LogP contribution >= 0.6 is 0 Å². The molecule has 2 rings (SSSR count). The number of nitrogens with two attached hydrogens (primary N) is 1. The summed E-state index contributed by atoms with van der Waals surface area (Å²) >= 11 is 0. The molecule has 104 valence electrons. The van der Waals surface area contributed by atoms with Gasteiger partial charge in [0, 0.05) is 25.4 Å². The predicted octanol–water partition coefficient (Wildman–Crippen LogP) is 1.69. The molecule has 2 amide bonds. The number of carbonyl (C=O) groups excluding carboxylic acids is 1. The van der Waals surface area contributed by atoms with Crippen LogP contribution in [0.25, 0.3) is 0 Å². The highest BCUT2D eigenvalue weighted by Gasteiger charge is 2.20. The number of anilines is 1. The maximum atomic E-state index is 11.6. The molecule has 0 bridgehead atoms. The van der Waals surface area contributed by atoms with Crippen LogP contribution in [0.4, 0.5) is 10.5 Å². The molecule has 0 unspecified atom stereocenters. The molecule has 0 atom stereocenters. The lowest BCUT2D eigenvalue weighted by molar-refractivity contribution is 0.127. The Morgan fingerprint density at radius 2 is 2.05 bits per heavy atom. The minimum Gasteiger partial charge on any atom is -0.379 e. The molecule has 1 aromatic rings. The summed E-state index contributed by atoms with van der Waals surface area (Å²) < 4.78 is 5.43. The average molecular weight is 263 g/mol. The monoisotopic (exact) mass is 263 g/mol. The van der Waals surface area contributed by atoms with E-state index in [2.05, 4.69) is 10.6 Å². The van der Waals surface area contributed by atoms with E-state index in [1.54, 1.807) is 0 Å². The van der Waals surface area contributed by atoms with Gasteiger partial charge in [-0.3, -0.25) is 0 Å². The highest BCUT2D eigenvalue weighted by Crippen LogP contribution is 2.28. The van der Waals surface area contributed by atoms with Crippen LogP contribution in [0.1, 0.15) is 18.4 Å². The van der Waals surface area contributed by atoms with E-state index < -0.39 is 0 Å². The van der Waals surface area contributed by atoms with Crippen molar-refractivity contribution in [2.75, 3.05) is 25.1 Å². The first-order valence-electron chi connectivity index (χ1n) is 6.69. The van der Waals surface area contributed by atoms with Gasteiger partial charge in [-0.05, 0) is 36.5 Å². The third-order valence-electron chi connectivity index (χ3n) is 3.03. The van der Waals surface area contributed by atoms with Crippen LogP contribution < -0.4 is 16.4 Å². The van der Waals surface area contributed by atoms with E-state index >= 15 is 0 Å². The van der Waals surface area contributed by atoms with Gasteiger partial charge >= 0.3 is 6.03 Å². The number of ether oxygens (including phenoxy) is 1. The maximum absolute atomic E-state index is 11.6. The first kappa shape index (κ1) is 13.8. The van der Waals surface area contributed by atoms with Crippen LogP contribution in [-0.2, 0) is 11.3 Å². The van der Waals surface area contributed by atoms with E-state index in [9.17, 15) is 4.79 Å². The first-order chi connectivity index (χ1) is 9.28. The molecule has 0 saturated heterocycles. The summed E-state index contributed by atoms with van der Waals surface area (Å²) in [5.74, 6) is 0.759. The maximum Gasteiger partial charge on any atom is 0.319 e. The molecule has 0 aliphatic heterocycles. The third kappa shape index (κ3) is 5.28. The van der Waals surface area contributed by atoms with E-state index in [-0.39, 0.29) is 6.03 Å². The van der Waals surface area contributed by atoms with Crippen molar-refractivity contribution in [1.82, 2.24) is 5.32 Å². The highest BCUT2D eigenvalue weighted by molar-refractivity contribution is 5.89. The molecular formula is C14H21N3O2. The quantitative estimate of drug-likeness (QED) is 0.655. The number of amides is 2. The first-order valence-corrected chi connectivity index (χ1v) is 6.69. The molecule has 1 aromatic carbocycles. The Bertz CT molecular complexity index is 402. The van der Waals surface area contributed by atoms with Gasteiger partial charge in [-0.15, -0.1) is 0 Å². The van der Waals surface area contributed by atoms with Crippen molar-refractivity contribution in [3.63, 3.8) is 0 Å². The van der Waals surface area contributed by atoms with Crippen LogP contribution in [0, 0.1) is 5.92 Å². The molecule has 19 heavy (non-hydrogen) atoms. The lowest BCUT2D eigenvalue weighted by Gasteiger charge is -2.08. The fraction of sp³-hybridized carbons (Fsp3) is 0.500. The van der Waals surface area contributed by atoms with E-state index in [0.29, 0.717) is 19.7 Å². The number of hydrogen-bond donors (Lipinski definition) is 3. The molecule has 0 heterocycles. The Morgan fingerprint density at radius 3 is 2.68 bits per heavy atom. The normalized spacial score (nSPS) is 14.2. The number of carbonyl (C=O) groups is 1. The minimum atomic E-state index is -0.212. The third-order valence-corrected chi connectivity index (χ3v) is 3.03. The van der Waals surface area contributed by atoms with Gasteiger partial charge in [-0.1, -0.05) is 12.1 Å². The second-order valence-electron chi connectivity index (χ2n) is 4.80. The average Bonchev–Trinajstić information content (AvgIpc) is 3.23. The molecule has 0 aromatic heterocycles. The highest BCUT2D eigenvalue weighted by atomic mass is 16.5. The molecule has 1 aliphatic carbocycles. The van der Waals surface area contributed by atoms with Crippen molar-refractivity contribution in [3.05, 3.63) is 29.8 Å². The van der Waals surface area contributed by atoms with Gasteiger partial charge in [-0.2, -0.15) is 0 Å². The van der Waals surface area contributed by atoms with Crippen LogP contribution in [-0.4, -0.2) is 25.8 Å². The Hall–Kier alpha value is -1.59. The summed E-state index contributed by atoms with van der Waals surface area (Å²) in [5, 5.41) is 5.51. The van der Waals surface area contributed by atoms with Gasteiger partial charge in [0.1, 0.15) is 0 Å². The molecule has 0 spiro atoms. The van der Waals surface area contributed by atoms with E-state index in [1.165, 1.54) is 12.8 Å². The molecule has 4 N–H and O–H groups in total. The van der Waals surface area contributed by atoms with Crippen molar-refractivity contribution in [2.24, 2.45) is 11.7 Å². The van der Waals surface area contributed by atoms with Crippen LogP contribution in [0.15, 0.2) is 24.3 Å². The van der Waals surface area contributed by atoms with Gasteiger partial charge in [0.2, 0.25) is 0 Å². The zero-order chi connectivity index (χ0) is 13.5. The molecule has 1 fully saturated rings. The Kier molecular flexibility index (Phi) is 5.18. The molecule has 1 aliphatic rings. The van der Waals surface area contributed by atoms with E-state index in [4.69, 9.17) is 10.5 Å². The zero-order valence-corrected chi connectivity index (χ0v) is 11.0. The summed E-state index contributed by atoms with van der Waals surface area (Å²) in [6.07, 6.45) is 2.57. The summed E-state index contributed by atoms with van der Waals surface area (Å²) in [7, 11) is 0. The number of hydrogen-bond acceptors (Lipinski definition) is 3. The van der Waals surface area contributed by atoms with Crippen LogP contribution in [0.5, 0.6) is 0 Å². The van der Waals surface area contributed by atoms with Gasteiger partial charge in [0.15, 0.2) is 0 Å². The number of rotatable bonds is 7. The van der Waals surface area contributed by atoms with E-state index in [0.717, 1.165) is 23.8 Å². The largest absolute Gasteiger partial charge is 0.379 e. The fourth-order valence-electron chi connectivity index (χ4n) is 1.67. The molecule has 0 radical (unpaired) electrons. The Labute approximate surface area is 113 Å². The number of urea groups is 1. The molecule has 5 nitrogen and oxygen atoms in total. The summed E-state index contributed by atoms with van der Waals surface area (Å²) in [4.78, 5) is 11.6. The number of benzene rings is 1. The molecular weight excluding hydrogens is 242 g/mol. The second kappa shape index (κ2) is 7.11. The van der Waals surface area contributed by atoms with Crippen molar-refractivity contribution < 1.29 is 9.53 Å². The molecule has 1 saturated carbocycles.